The van der Waals surface area contributed by atoms with Crippen molar-refractivity contribution in [1.82, 2.24) is 0 Å². The Kier molecular flexibility index (Phi) is 4.39. The molecule has 2 amide bonds. The summed E-state index contributed by atoms with van der Waals surface area (Å²) in [7, 11) is 0. The molecule has 3 rings (SSSR count). The van der Waals surface area contributed by atoms with Crippen molar-refractivity contribution in [3.8, 4) is 0 Å². The summed E-state index contributed by atoms with van der Waals surface area (Å²) in [6, 6.07) is 17.0. The number of thioether (sulfide) groups is 1. The lowest BCUT2D eigenvalue weighted by Crippen LogP contribution is -2.34. The molecule has 0 bridgehead atoms. The number of amides is 2. The number of benzene rings is 2. The summed E-state index contributed by atoms with van der Waals surface area (Å²) in [6.07, 6.45) is 0. The van der Waals surface area contributed by atoms with Gasteiger partial charge in [0.25, 0.3) is 11.1 Å². The van der Waals surface area contributed by atoms with Crippen LogP contribution in [0.25, 0.3) is 0 Å². The number of rotatable bonds is 4. The predicted molar refractivity (Wildman–Crippen MR) is 94.9 cm³/mol. The van der Waals surface area contributed by atoms with Gasteiger partial charge in [-0.2, -0.15) is 0 Å². The van der Waals surface area contributed by atoms with Crippen LogP contribution in [0.3, 0.4) is 0 Å². The number of hydrogen-bond acceptors (Lipinski definition) is 4. The van der Waals surface area contributed by atoms with Gasteiger partial charge in [0.05, 0.1) is 5.69 Å². The van der Waals surface area contributed by atoms with Gasteiger partial charge in [0.1, 0.15) is 0 Å². The van der Waals surface area contributed by atoms with Gasteiger partial charge in [-0.25, -0.2) is 4.90 Å². The molecule has 1 atom stereocenters. The van der Waals surface area contributed by atoms with E-state index >= 15 is 0 Å². The summed E-state index contributed by atoms with van der Waals surface area (Å²) in [5.74, 6) is 0.223. The highest BCUT2D eigenvalue weighted by molar-refractivity contribution is 8.16. The van der Waals surface area contributed by atoms with E-state index in [0.29, 0.717) is 11.6 Å². The summed E-state index contributed by atoms with van der Waals surface area (Å²) in [4.78, 5) is 25.9. The zero-order valence-corrected chi connectivity index (χ0v) is 13.8. The zero-order valence-electron chi connectivity index (χ0n) is 13.0. The molecule has 1 fully saturated rings. The van der Waals surface area contributed by atoms with E-state index in [4.69, 9.17) is 0 Å². The van der Waals surface area contributed by atoms with Crippen molar-refractivity contribution in [2.24, 2.45) is 0 Å². The third kappa shape index (κ3) is 3.24. The highest BCUT2D eigenvalue weighted by Gasteiger charge is 2.40. The van der Waals surface area contributed by atoms with Gasteiger partial charge in [0.15, 0.2) is 5.37 Å². The van der Waals surface area contributed by atoms with Gasteiger partial charge in [-0.05, 0) is 47.5 Å². The molecule has 0 aliphatic carbocycles. The average Bonchev–Trinajstić information content (AvgIpc) is 2.82. The molecule has 1 saturated heterocycles. The minimum atomic E-state index is -0.590. The average molecular weight is 326 g/mol. The Morgan fingerprint density at radius 1 is 1.00 bits per heavy atom. The fourth-order valence-electron chi connectivity index (χ4n) is 2.43. The van der Waals surface area contributed by atoms with E-state index in [1.54, 1.807) is 12.1 Å². The van der Waals surface area contributed by atoms with E-state index in [-0.39, 0.29) is 11.1 Å². The Labute approximate surface area is 139 Å². The molecule has 0 aromatic heterocycles. The van der Waals surface area contributed by atoms with Gasteiger partial charge < -0.3 is 5.32 Å². The fourth-order valence-corrected chi connectivity index (χ4v) is 3.33. The minimum Gasteiger partial charge on any atom is -0.365 e. The number of carbonyl (C=O) groups excluding carboxylic acids is 2. The van der Waals surface area contributed by atoms with Gasteiger partial charge in [-0.1, -0.05) is 44.2 Å². The summed E-state index contributed by atoms with van der Waals surface area (Å²) >= 11 is 1.01. The second-order valence-corrected chi connectivity index (χ2v) is 6.75. The van der Waals surface area contributed by atoms with E-state index in [9.17, 15) is 9.59 Å². The first-order valence-corrected chi connectivity index (χ1v) is 8.40. The van der Waals surface area contributed by atoms with Crippen LogP contribution in [0.15, 0.2) is 54.6 Å². The molecule has 5 heteroatoms. The van der Waals surface area contributed by atoms with Crippen molar-refractivity contribution in [3.63, 3.8) is 0 Å². The van der Waals surface area contributed by atoms with Crippen LogP contribution < -0.4 is 10.2 Å². The molecule has 0 spiro atoms. The van der Waals surface area contributed by atoms with Crippen LogP contribution >= 0.6 is 11.8 Å². The fraction of sp³-hybridized carbons (Fsp3) is 0.222. The zero-order chi connectivity index (χ0) is 16.4. The van der Waals surface area contributed by atoms with Crippen LogP contribution in [0.1, 0.15) is 25.3 Å². The minimum absolute atomic E-state index is 0.237. The molecule has 4 nitrogen and oxygen atoms in total. The Morgan fingerprint density at radius 2 is 1.65 bits per heavy atom. The maximum Gasteiger partial charge on any atom is 0.295 e. The van der Waals surface area contributed by atoms with Crippen LogP contribution in [-0.2, 0) is 4.79 Å². The van der Waals surface area contributed by atoms with Crippen molar-refractivity contribution in [2.45, 2.75) is 25.1 Å². The second kappa shape index (κ2) is 6.46. The largest absolute Gasteiger partial charge is 0.365 e. The summed E-state index contributed by atoms with van der Waals surface area (Å²) < 4.78 is 0. The molecule has 1 heterocycles. The first-order chi connectivity index (χ1) is 11.1. The lowest BCUT2D eigenvalue weighted by molar-refractivity contribution is -0.116. The normalized spacial score (nSPS) is 17.9. The second-order valence-electron chi connectivity index (χ2n) is 5.69. The molecule has 1 aliphatic heterocycles. The highest BCUT2D eigenvalue weighted by atomic mass is 32.2. The van der Waals surface area contributed by atoms with Crippen molar-refractivity contribution < 1.29 is 9.59 Å². The molecule has 1 aliphatic rings. The monoisotopic (exact) mass is 326 g/mol. The first-order valence-electron chi connectivity index (χ1n) is 7.52. The van der Waals surface area contributed by atoms with Gasteiger partial charge in [-0.15, -0.1) is 0 Å². The molecule has 2 aromatic rings. The van der Waals surface area contributed by atoms with Crippen molar-refractivity contribution in [1.29, 1.82) is 0 Å². The van der Waals surface area contributed by atoms with E-state index in [1.165, 1.54) is 10.5 Å². The van der Waals surface area contributed by atoms with Crippen LogP contribution in [-0.4, -0.2) is 16.5 Å². The number of hydrogen-bond donors (Lipinski definition) is 1. The third-order valence-corrected chi connectivity index (χ3v) is 4.67. The van der Waals surface area contributed by atoms with Gasteiger partial charge in [0, 0.05) is 5.69 Å². The molecule has 0 saturated carbocycles. The van der Waals surface area contributed by atoms with Crippen molar-refractivity contribution in [2.75, 3.05) is 10.2 Å². The molecule has 2 aromatic carbocycles. The Bertz CT molecular complexity index is 714. The maximum absolute atomic E-state index is 12.5. The number of nitrogens with one attached hydrogen (secondary N) is 1. The predicted octanol–water partition coefficient (Wildman–Crippen LogP) is 4.45. The Balaban J connectivity index is 1.75. The highest BCUT2D eigenvalue weighted by Crippen LogP contribution is 2.32. The van der Waals surface area contributed by atoms with Gasteiger partial charge in [-0.3, -0.25) is 9.59 Å². The number of nitrogens with zero attached hydrogens (tertiary/aromatic N) is 1. The molecule has 1 N–H and O–H groups in total. The first kappa shape index (κ1) is 15.6. The molecule has 118 valence electrons. The van der Waals surface area contributed by atoms with Gasteiger partial charge in [0.2, 0.25) is 0 Å². The number of para-hydroxylation sites is 1. The molecule has 23 heavy (non-hydrogen) atoms. The van der Waals surface area contributed by atoms with Crippen molar-refractivity contribution >= 4 is 34.3 Å². The lowest BCUT2D eigenvalue weighted by atomic mass is 10.0. The van der Waals surface area contributed by atoms with E-state index in [0.717, 1.165) is 17.4 Å². The van der Waals surface area contributed by atoms with E-state index < -0.39 is 5.37 Å². The van der Waals surface area contributed by atoms with Crippen LogP contribution in [0.4, 0.5) is 16.2 Å². The maximum atomic E-state index is 12.5. The quantitative estimate of drug-likeness (QED) is 0.902. The number of imide groups is 1. The molecule has 0 radical (unpaired) electrons. The third-order valence-electron chi connectivity index (χ3n) is 3.74. The van der Waals surface area contributed by atoms with Crippen molar-refractivity contribution in [3.05, 3.63) is 60.2 Å². The molecular weight excluding hydrogens is 308 g/mol. The lowest BCUT2D eigenvalue weighted by Gasteiger charge is -2.15. The summed E-state index contributed by atoms with van der Waals surface area (Å²) in [5, 5.41) is 2.30. The smallest absolute Gasteiger partial charge is 0.295 e. The SMILES string of the molecule is CC(C)c1ccc(N[C@H]2SC(=O)N(c3ccccc3)C2=O)cc1. The standard InChI is InChI=1S/C18H18N2O2S/c1-12(2)13-8-10-14(11-9-13)19-16-17(21)20(18(22)23-16)15-6-4-3-5-7-15/h3-12,16,19H,1-2H3/t16-/m0/s1. The Morgan fingerprint density at radius 3 is 2.26 bits per heavy atom. The van der Waals surface area contributed by atoms with E-state index in [1.807, 2.05) is 42.5 Å². The number of anilines is 2. The summed E-state index contributed by atoms with van der Waals surface area (Å²) in [6.45, 7) is 4.27. The van der Waals surface area contributed by atoms with Crippen LogP contribution in [0.2, 0.25) is 0 Å². The topological polar surface area (TPSA) is 49.4 Å². The summed E-state index contributed by atoms with van der Waals surface area (Å²) in [5.41, 5.74) is 2.68. The van der Waals surface area contributed by atoms with Crippen LogP contribution in [0.5, 0.6) is 0 Å². The van der Waals surface area contributed by atoms with Crippen LogP contribution in [0, 0.1) is 0 Å². The molecular formula is C18H18N2O2S. The Hall–Kier alpha value is -2.27. The number of carbonyl (C=O) groups is 2. The van der Waals surface area contributed by atoms with Gasteiger partial charge >= 0.3 is 0 Å². The molecule has 0 unspecified atom stereocenters. The van der Waals surface area contributed by atoms with E-state index in [2.05, 4.69) is 19.2 Å².